The van der Waals surface area contributed by atoms with Crippen LogP contribution < -0.4 is 9.80 Å². The fourth-order valence-electron chi connectivity index (χ4n) is 8.93. The summed E-state index contributed by atoms with van der Waals surface area (Å²) in [5.74, 6) is 1.51. The summed E-state index contributed by atoms with van der Waals surface area (Å²) in [5.41, 5.74) is 18.9. The molecule has 0 aliphatic heterocycles. The van der Waals surface area contributed by atoms with Crippen LogP contribution in [0.15, 0.2) is 211 Å². The lowest BCUT2D eigenvalue weighted by molar-refractivity contribution is 0.581. The SMILES string of the molecule is c1ccc(-c2c(N(c3ccccc3)c3ccc4c(c3)Cc3ccccc3-4)oc(N(c3ccccc3)c3ccc4c(c3)Cc3ccccc3-4)c2-c2ccccc2)cc1. The average Bonchev–Trinajstić information content (AvgIpc) is 3.96. The van der Waals surface area contributed by atoms with E-state index in [4.69, 9.17) is 4.42 Å². The molecule has 11 rings (SSSR count). The molecule has 0 bridgehead atoms. The van der Waals surface area contributed by atoms with Crippen molar-refractivity contribution in [1.82, 2.24) is 0 Å². The molecule has 9 aromatic rings. The summed E-state index contributed by atoms with van der Waals surface area (Å²) in [4.78, 5) is 4.62. The zero-order valence-electron chi connectivity index (χ0n) is 31.3. The van der Waals surface area contributed by atoms with Gasteiger partial charge < -0.3 is 4.42 Å². The topological polar surface area (TPSA) is 19.6 Å². The maximum atomic E-state index is 7.61. The van der Waals surface area contributed by atoms with E-state index < -0.39 is 0 Å². The largest absolute Gasteiger partial charge is 0.422 e. The van der Waals surface area contributed by atoms with Crippen LogP contribution in [-0.2, 0) is 12.8 Å². The summed E-state index contributed by atoms with van der Waals surface area (Å²) >= 11 is 0. The Labute approximate surface area is 333 Å². The van der Waals surface area contributed by atoms with Crippen LogP contribution in [-0.4, -0.2) is 0 Å². The van der Waals surface area contributed by atoms with E-state index in [1.54, 1.807) is 0 Å². The van der Waals surface area contributed by atoms with E-state index in [1.807, 2.05) is 0 Å². The second kappa shape index (κ2) is 13.7. The van der Waals surface area contributed by atoms with Crippen LogP contribution in [0.4, 0.5) is 34.5 Å². The monoisotopic (exact) mass is 730 g/mol. The molecule has 0 saturated heterocycles. The van der Waals surface area contributed by atoms with Crippen LogP contribution in [0.3, 0.4) is 0 Å². The third kappa shape index (κ3) is 5.67. The number of anilines is 6. The van der Waals surface area contributed by atoms with Gasteiger partial charge in [0.05, 0.1) is 11.1 Å². The number of hydrogen-bond acceptors (Lipinski definition) is 3. The second-order valence-electron chi connectivity index (χ2n) is 14.9. The first kappa shape index (κ1) is 33.0. The number of hydrogen-bond donors (Lipinski definition) is 0. The molecular weight excluding hydrogens is 693 g/mol. The number of rotatable bonds is 8. The lowest BCUT2D eigenvalue weighted by Crippen LogP contribution is -2.11. The fraction of sp³-hybridized carbons (Fsp3) is 0.0370. The van der Waals surface area contributed by atoms with Crippen LogP contribution >= 0.6 is 0 Å². The van der Waals surface area contributed by atoms with Gasteiger partial charge in [-0.1, -0.05) is 158 Å². The summed E-state index contributed by atoms with van der Waals surface area (Å²) in [6, 6.07) is 74.0. The van der Waals surface area contributed by atoms with Gasteiger partial charge in [-0.15, -0.1) is 0 Å². The minimum Gasteiger partial charge on any atom is -0.422 e. The Bertz CT molecular complexity index is 2700. The number of benzene rings is 8. The van der Waals surface area contributed by atoms with E-state index in [0.717, 1.165) is 69.6 Å². The molecule has 3 nitrogen and oxygen atoms in total. The van der Waals surface area contributed by atoms with Crippen molar-refractivity contribution in [3.05, 3.63) is 229 Å². The molecule has 0 fully saturated rings. The standard InChI is InChI=1S/C54H38N2O/c1-5-17-37(18-6-1)51-52(38-19-7-2-8-20-38)54(56(44-25-11-4-12-26-44)46-30-32-50-42(36-46)34-40-22-14-16-28-48(40)50)57-53(51)55(43-23-9-3-10-24-43)45-29-31-49-41(35-45)33-39-21-13-15-27-47(39)49/h1-32,35-36H,33-34H2. The van der Waals surface area contributed by atoms with Crippen molar-refractivity contribution in [3.8, 4) is 44.5 Å². The predicted molar refractivity (Wildman–Crippen MR) is 235 cm³/mol. The average molecular weight is 731 g/mol. The highest BCUT2D eigenvalue weighted by atomic mass is 16.4. The maximum Gasteiger partial charge on any atom is 0.215 e. The molecule has 2 aliphatic carbocycles. The lowest BCUT2D eigenvalue weighted by atomic mass is 9.96. The van der Waals surface area contributed by atoms with Gasteiger partial charge in [-0.3, -0.25) is 9.80 Å². The molecule has 1 heterocycles. The van der Waals surface area contributed by atoms with Crippen molar-refractivity contribution < 1.29 is 4.42 Å². The minimum absolute atomic E-state index is 0.756. The van der Waals surface area contributed by atoms with E-state index in [9.17, 15) is 0 Å². The summed E-state index contributed by atoms with van der Waals surface area (Å²) < 4.78 is 7.61. The summed E-state index contributed by atoms with van der Waals surface area (Å²) in [6.07, 6.45) is 1.80. The Morgan fingerprint density at radius 1 is 0.298 bits per heavy atom. The predicted octanol–water partition coefficient (Wildman–Crippen LogP) is 14.7. The van der Waals surface area contributed by atoms with Crippen LogP contribution in [0.25, 0.3) is 44.5 Å². The van der Waals surface area contributed by atoms with Gasteiger partial charge >= 0.3 is 0 Å². The van der Waals surface area contributed by atoms with Gasteiger partial charge in [0.2, 0.25) is 11.8 Å². The van der Waals surface area contributed by atoms with E-state index in [-0.39, 0.29) is 0 Å². The molecule has 0 N–H and O–H groups in total. The molecule has 2 aliphatic rings. The van der Waals surface area contributed by atoms with Gasteiger partial charge in [-0.05, 0) is 117 Å². The molecule has 1 aromatic heterocycles. The summed E-state index contributed by atoms with van der Waals surface area (Å²) in [5, 5.41) is 0. The Kier molecular flexibility index (Phi) is 7.96. The van der Waals surface area contributed by atoms with E-state index in [0.29, 0.717) is 0 Å². The third-order valence-electron chi connectivity index (χ3n) is 11.5. The van der Waals surface area contributed by atoms with Gasteiger partial charge in [0, 0.05) is 22.7 Å². The van der Waals surface area contributed by atoms with Gasteiger partial charge in [0.1, 0.15) is 0 Å². The number of furan rings is 1. The molecule has 0 radical (unpaired) electrons. The first-order chi connectivity index (χ1) is 28.3. The van der Waals surface area contributed by atoms with Crippen molar-refractivity contribution in [3.63, 3.8) is 0 Å². The van der Waals surface area contributed by atoms with Crippen molar-refractivity contribution in [2.45, 2.75) is 12.8 Å². The fourth-order valence-corrected chi connectivity index (χ4v) is 8.93. The molecule has 0 saturated carbocycles. The molecule has 8 aromatic carbocycles. The Balaban J connectivity index is 1.19. The molecule has 270 valence electrons. The Hall–Kier alpha value is -7.36. The highest BCUT2D eigenvalue weighted by molar-refractivity contribution is 6.02. The van der Waals surface area contributed by atoms with Gasteiger partial charge in [-0.2, -0.15) is 0 Å². The molecular formula is C54H38N2O. The normalized spacial score (nSPS) is 12.1. The molecule has 57 heavy (non-hydrogen) atoms. The van der Waals surface area contributed by atoms with Crippen molar-refractivity contribution in [2.24, 2.45) is 0 Å². The zero-order valence-corrected chi connectivity index (χ0v) is 31.3. The number of nitrogens with zero attached hydrogens (tertiary/aromatic N) is 2. The van der Waals surface area contributed by atoms with Crippen LogP contribution in [0.5, 0.6) is 0 Å². The first-order valence-electron chi connectivity index (χ1n) is 19.7. The van der Waals surface area contributed by atoms with E-state index in [2.05, 4.69) is 216 Å². The summed E-state index contributed by atoms with van der Waals surface area (Å²) in [7, 11) is 0. The zero-order chi connectivity index (χ0) is 37.7. The minimum atomic E-state index is 0.756. The quantitative estimate of drug-likeness (QED) is 0.155. The van der Waals surface area contributed by atoms with Gasteiger partial charge in [-0.25, -0.2) is 0 Å². The maximum absolute atomic E-state index is 7.61. The van der Waals surface area contributed by atoms with Gasteiger partial charge in [0.15, 0.2) is 0 Å². The highest BCUT2D eigenvalue weighted by Gasteiger charge is 2.33. The molecule has 0 unspecified atom stereocenters. The second-order valence-corrected chi connectivity index (χ2v) is 14.9. The van der Waals surface area contributed by atoms with E-state index in [1.165, 1.54) is 44.5 Å². The van der Waals surface area contributed by atoms with Gasteiger partial charge in [0.25, 0.3) is 0 Å². The van der Waals surface area contributed by atoms with Crippen molar-refractivity contribution in [1.29, 1.82) is 0 Å². The van der Waals surface area contributed by atoms with Crippen molar-refractivity contribution >= 4 is 34.5 Å². The lowest BCUT2D eigenvalue weighted by Gasteiger charge is -2.26. The number of para-hydroxylation sites is 2. The van der Waals surface area contributed by atoms with E-state index >= 15 is 0 Å². The van der Waals surface area contributed by atoms with Crippen LogP contribution in [0.1, 0.15) is 22.3 Å². The number of fused-ring (bicyclic) bond motifs is 6. The highest BCUT2D eigenvalue weighted by Crippen LogP contribution is 2.55. The summed E-state index contributed by atoms with van der Waals surface area (Å²) in [6.45, 7) is 0. The first-order valence-corrected chi connectivity index (χ1v) is 19.7. The third-order valence-corrected chi connectivity index (χ3v) is 11.5. The molecule has 0 spiro atoms. The Morgan fingerprint density at radius 3 is 1.07 bits per heavy atom. The molecule has 3 heteroatoms. The van der Waals surface area contributed by atoms with Crippen molar-refractivity contribution in [2.75, 3.05) is 9.80 Å². The molecule has 0 amide bonds. The van der Waals surface area contributed by atoms with Crippen LogP contribution in [0, 0.1) is 0 Å². The smallest absolute Gasteiger partial charge is 0.215 e. The Morgan fingerprint density at radius 2 is 0.649 bits per heavy atom. The van der Waals surface area contributed by atoms with Crippen LogP contribution in [0.2, 0.25) is 0 Å². The molecule has 0 atom stereocenters.